The zero-order valence-corrected chi connectivity index (χ0v) is 12.8. The minimum atomic E-state index is 0.740. The summed E-state index contributed by atoms with van der Waals surface area (Å²) >= 11 is 0. The Labute approximate surface area is 130 Å². The molecule has 0 unspecified atom stereocenters. The maximum atomic E-state index is 5.42. The van der Waals surface area contributed by atoms with Gasteiger partial charge < -0.3 is 14.8 Å². The first kappa shape index (κ1) is 14.3. The molecule has 22 heavy (non-hydrogen) atoms. The summed E-state index contributed by atoms with van der Waals surface area (Å²) in [6, 6.07) is 20.6. The molecular weight excluding hydrogens is 274 g/mol. The molecule has 0 spiro atoms. The van der Waals surface area contributed by atoms with Crippen molar-refractivity contribution < 1.29 is 9.47 Å². The number of fused-ring (bicyclic) bond motifs is 1. The molecule has 0 aliphatic carbocycles. The molecule has 0 aliphatic heterocycles. The van der Waals surface area contributed by atoms with Crippen molar-refractivity contribution in [1.82, 2.24) is 0 Å². The predicted molar refractivity (Wildman–Crippen MR) is 90.8 cm³/mol. The van der Waals surface area contributed by atoms with Gasteiger partial charge >= 0.3 is 0 Å². The van der Waals surface area contributed by atoms with E-state index in [0.717, 1.165) is 23.7 Å². The summed E-state index contributed by atoms with van der Waals surface area (Å²) < 4.78 is 10.6. The van der Waals surface area contributed by atoms with E-state index < -0.39 is 0 Å². The minimum Gasteiger partial charge on any atom is -0.497 e. The van der Waals surface area contributed by atoms with E-state index in [1.165, 1.54) is 16.3 Å². The topological polar surface area (TPSA) is 30.5 Å². The van der Waals surface area contributed by atoms with Gasteiger partial charge in [-0.05, 0) is 28.5 Å². The van der Waals surface area contributed by atoms with Crippen molar-refractivity contribution in [1.29, 1.82) is 0 Å². The summed E-state index contributed by atoms with van der Waals surface area (Å²) in [5, 5.41) is 5.97. The molecule has 1 N–H and O–H groups in total. The number of hydrogen-bond donors (Lipinski definition) is 1. The van der Waals surface area contributed by atoms with Gasteiger partial charge in [0.15, 0.2) is 0 Å². The third kappa shape index (κ3) is 2.84. The number of benzene rings is 3. The third-order valence-electron chi connectivity index (χ3n) is 3.76. The molecule has 0 saturated heterocycles. The van der Waals surface area contributed by atoms with Crippen LogP contribution >= 0.6 is 0 Å². The lowest BCUT2D eigenvalue weighted by Gasteiger charge is -2.13. The standard InChI is InChI=1S/C19H19NO2/c1-21-16-10-11-18(19(12-16)22-2)20-13-15-8-5-7-14-6-3-4-9-17(14)15/h3-12,20H,13H2,1-2H3. The molecule has 3 nitrogen and oxygen atoms in total. The molecule has 0 saturated carbocycles. The minimum absolute atomic E-state index is 0.740. The van der Waals surface area contributed by atoms with Crippen LogP contribution in [0.15, 0.2) is 60.7 Å². The van der Waals surface area contributed by atoms with Crippen LogP contribution in [-0.2, 0) is 6.54 Å². The molecule has 0 radical (unpaired) electrons. The zero-order valence-electron chi connectivity index (χ0n) is 12.8. The van der Waals surface area contributed by atoms with Gasteiger partial charge in [-0.15, -0.1) is 0 Å². The van der Waals surface area contributed by atoms with E-state index in [1.54, 1.807) is 14.2 Å². The highest BCUT2D eigenvalue weighted by Gasteiger charge is 2.06. The summed E-state index contributed by atoms with van der Waals surface area (Å²) in [6.45, 7) is 0.740. The Morgan fingerprint density at radius 1 is 0.864 bits per heavy atom. The first-order chi connectivity index (χ1) is 10.8. The van der Waals surface area contributed by atoms with Crippen LogP contribution in [0.4, 0.5) is 5.69 Å². The Hall–Kier alpha value is -2.68. The molecular formula is C19H19NO2. The largest absolute Gasteiger partial charge is 0.497 e. The van der Waals surface area contributed by atoms with Crippen LogP contribution in [0.2, 0.25) is 0 Å². The van der Waals surface area contributed by atoms with Crippen molar-refractivity contribution in [2.45, 2.75) is 6.54 Å². The highest BCUT2D eigenvalue weighted by Crippen LogP contribution is 2.30. The normalized spacial score (nSPS) is 10.5. The summed E-state index contributed by atoms with van der Waals surface area (Å²) in [5.74, 6) is 1.56. The fourth-order valence-corrected chi connectivity index (χ4v) is 2.58. The van der Waals surface area contributed by atoms with Gasteiger partial charge in [-0.25, -0.2) is 0 Å². The van der Waals surface area contributed by atoms with Gasteiger partial charge in [-0.3, -0.25) is 0 Å². The van der Waals surface area contributed by atoms with E-state index in [2.05, 4.69) is 47.8 Å². The first-order valence-electron chi connectivity index (χ1n) is 7.24. The highest BCUT2D eigenvalue weighted by atomic mass is 16.5. The lowest BCUT2D eigenvalue weighted by atomic mass is 10.0. The number of rotatable bonds is 5. The van der Waals surface area contributed by atoms with Crippen molar-refractivity contribution in [2.75, 3.05) is 19.5 Å². The highest BCUT2D eigenvalue weighted by molar-refractivity contribution is 5.85. The first-order valence-corrected chi connectivity index (χ1v) is 7.24. The molecule has 0 fully saturated rings. The van der Waals surface area contributed by atoms with Crippen LogP contribution in [-0.4, -0.2) is 14.2 Å². The lowest BCUT2D eigenvalue weighted by molar-refractivity contribution is 0.395. The maximum Gasteiger partial charge on any atom is 0.145 e. The molecule has 3 heteroatoms. The number of anilines is 1. The second-order valence-electron chi connectivity index (χ2n) is 5.06. The van der Waals surface area contributed by atoms with Crippen LogP contribution in [0, 0.1) is 0 Å². The molecule has 0 amide bonds. The van der Waals surface area contributed by atoms with Gasteiger partial charge in [0.25, 0.3) is 0 Å². The van der Waals surface area contributed by atoms with E-state index in [-0.39, 0.29) is 0 Å². The van der Waals surface area contributed by atoms with E-state index in [4.69, 9.17) is 9.47 Å². The Balaban J connectivity index is 1.85. The number of ether oxygens (including phenoxy) is 2. The Kier molecular flexibility index (Phi) is 4.15. The second kappa shape index (κ2) is 6.39. The third-order valence-corrected chi connectivity index (χ3v) is 3.76. The fraction of sp³-hybridized carbons (Fsp3) is 0.158. The van der Waals surface area contributed by atoms with Gasteiger partial charge in [0.05, 0.1) is 19.9 Å². The van der Waals surface area contributed by atoms with Crippen molar-refractivity contribution >= 4 is 16.5 Å². The van der Waals surface area contributed by atoms with Crippen molar-refractivity contribution in [3.05, 3.63) is 66.2 Å². The summed E-state index contributed by atoms with van der Waals surface area (Å²) in [4.78, 5) is 0. The van der Waals surface area contributed by atoms with Crippen LogP contribution < -0.4 is 14.8 Å². The predicted octanol–water partition coefficient (Wildman–Crippen LogP) is 4.47. The van der Waals surface area contributed by atoms with Crippen LogP contribution in [0.5, 0.6) is 11.5 Å². The van der Waals surface area contributed by atoms with Gasteiger partial charge in [-0.2, -0.15) is 0 Å². The molecule has 112 valence electrons. The number of nitrogens with one attached hydrogen (secondary N) is 1. The quantitative estimate of drug-likeness (QED) is 0.753. The molecule has 3 aromatic rings. The van der Waals surface area contributed by atoms with Crippen LogP contribution in [0.1, 0.15) is 5.56 Å². The molecule has 0 aliphatic rings. The van der Waals surface area contributed by atoms with E-state index in [1.807, 2.05) is 18.2 Å². The summed E-state index contributed by atoms with van der Waals surface area (Å²) in [5.41, 5.74) is 2.22. The molecule has 0 atom stereocenters. The van der Waals surface area contributed by atoms with Gasteiger partial charge in [0.1, 0.15) is 11.5 Å². The molecule has 0 aromatic heterocycles. The molecule has 0 heterocycles. The van der Waals surface area contributed by atoms with E-state index in [9.17, 15) is 0 Å². The summed E-state index contributed by atoms with van der Waals surface area (Å²) in [7, 11) is 3.32. The molecule has 0 bridgehead atoms. The monoisotopic (exact) mass is 293 g/mol. The van der Waals surface area contributed by atoms with Gasteiger partial charge in [0.2, 0.25) is 0 Å². The second-order valence-corrected chi connectivity index (χ2v) is 5.06. The Morgan fingerprint density at radius 2 is 1.68 bits per heavy atom. The lowest BCUT2D eigenvalue weighted by Crippen LogP contribution is -2.02. The smallest absolute Gasteiger partial charge is 0.145 e. The summed E-state index contributed by atoms with van der Waals surface area (Å²) in [6.07, 6.45) is 0. The average molecular weight is 293 g/mol. The number of methoxy groups -OCH3 is 2. The van der Waals surface area contributed by atoms with Crippen LogP contribution in [0.25, 0.3) is 10.8 Å². The zero-order chi connectivity index (χ0) is 15.4. The molecule has 3 rings (SSSR count). The van der Waals surface area contributed by atoms with E-state index >= 15 is 0 Å². The van der Waals surface area contributed by atoms with Crippen LogP contribution in [0.3, 0.4) is 0 Å². The van der Waals surface area contributed by atoms with Gasteiger partial charge in [-0.1, -0.05) is 42.5 Å². The Bertz CT molecular complexity index is 778. The average Bonchev–Trinajstić information content (AvgIpc) is 2.59. The van der Waals surface area contributed by atoms with Gasteiger partial charge in [0, 0.05) is 12.6 Å². The maximum absolute atomic E-state index is 5.42. The van der Waals surface area contributed by atoms with E-state index in [0.29, 0.717) is 0 Å². The van der Waals surface area contributed by atoms with Crippen molar-refractivity contribution in [3.8, 4) is 11.5 Å². The van der Waals surface area contributed by atoms with Crippen molar-refractivity contribution in [3.63, 3.8) is 0 Å². The number of hydrogen-bond acceptors (Lipinski definition) is 3. The van der Waals surface area contributed by atoms with Crippen molar-refractivity contribution in [2.24, 2.45) is 0 Å². The SMILES string of the molecule is COc1ccc(NCc2cccc3ccccc23)c(OC)c1. The molecule has 3 aromatic carbocycles. The fourth-order valence-electron chi connectivity index (χ4n) is 2.58. The Morgan fingerprint density at radius 3 is 2.50 bits per heavy atom.